The molecule has 0 bridgehead atoms. The van der Waals surface area contributed by atoms with E-state index >= 15 is 0 Å². The van der Waals surface area contributed by atoms with Crippen molar-refractivity contribution in [3.05, 3.63) is 29.6 Å². The van der Waals surface area contributed by atoms with Crippen LogP contribution in [0.25, 0.3) is 0 Å². The van der Waals surface area contributed by atoms with Gasteiger partial charge < -0.3 is 15.3 Å². The van der Waals surface area contributed by atoms with Crippen LogP contribution in [0.2, 0.25) is 0 Å². The summed E-state index contributed by atoms with van der Waals surface area (Å²) in [7, 11) is 0. The number of anilines is 1. The minimum Gasteiger partial charge on any atom is -0.480 e. The van der Waals surface area contributed by atoms with Crippen molar-refractivity contribution in [2.75, 3.05) is 18.4 Å². The highest BCUT2D eigenvalue weighted by Crippen LogP contribution is 2.18. The molecule has 0 aliphatic rings. The number of amides is 2. The van der Waals surface area contributed by atoms with Gasteiger partial charge in [0, 0.05) is 5.69 Å². The van der Waals surface area contributed by atoms with Crippen LogP contribution in [-0.4, -0.2) is 41.3 Å². The van der Waals surface area contributed by atoms with Crippen LogP contribution in [0, 0.1) is 12.7 Å². The number of aliphatic carboxylic acids is 1. The lowest BCUT2D eigenvalue weighted by molar-refractivity contribution is -0.148. The largest absolute Gasteiger partial charge is 0.480 e. The third-order valence-corrected chi connectivity index (χ3v) is 2.28. The zero-order chi connectivity index (χ0) is 16.2. The van der Waals surface area contributed by atoms with Crippen LogP contribution in [0.5, 0.6) is 0 Å². The Hall–Kier alpha value is -2.32. The minimum absolute atomic E-state index is 0.0601. The first-order valence-corrected chi connectivity index (χ1v) is 5.68. The van der Waals surface area contributed by atoms with E-state index in [4.69, 9.17) is 5.11 Å². The second-order valence-electron chi connectivity index (χ2n) is 4.31. The van der Waals surface area contributed by atoms with Crippen molar-refractivity contribution in [1.82, 2.24) is 4.90 Å². The number of hydrogen-bond acceptors (Lipinski definition) is 2. The number of nitrogens with zero attached hydrogens (tertiary/aromatic N) is 1. The first-order valence-electron chi connectivity index (χ1n) is 5.68. The van der Waals surface area contributed by atoms with E-state index in [9.17, 15) is 27.2 Å². The first-order chi connectivity index (χ1) is 9.56. The van der Waals surface area contributed by atoms with Crippen molar-refractivity contribution >= 4 is 17.7 Å². The van der Waals surface area contributed by atoms with Crippen molar-refractivity contribution < 1.29 is 32.3 Å². The zero-order valence-electron chi connectivity index (χ0n) is 10.9. The van der Waals surface area contributed by atoms with Crippen molar-refractivity contribution in [3.63, 3.8) is 0 Å². The molecule has 5 nitrogen and oxygen atoms in total. The van der Waals surface area contributed by atoms with Crippen LogP contribution in [-0.2, 0) is 4.79 Å². The fourth-order valence-corrected chi connectivity index (χ4v) is 1.59. The highest BCUT2D eigenvalue weighted by Gasteiger charge is 2.34. The first kappa shape index (κ1) is 16.7. The average Bonchev–Trinajstić information content (AvgIpc) is 2.23. The lowest BCUT2D eigenvalue weighted by atomic mass is 10.2. The second-order valence-corrected chi connectivity index (χ2v) is 4.31. The maximum atomic E-state index is 13.1. The molecule has 0 fully saturated rings. The Labute approximate surface area is 117 Å². The molecule has 0 saturated carbocycles. The molecule has 0 atom stereocenters. The van der Waals surface area contributed by atoms with Gasteiger partial charge in [-0.15, -0.1) is 0 Å². The van der Waals surface area contributed by atoms with E-state index < -0.39 is 37.1 Å². The maximum Gasteiger partial charge on any atom is 0.406 e. The Balaban J connectivity index is 2.87. The predicted octanol–water partition coefficient (Wildman–Crippen LogP) is 2.61. The molecule has 0 aromatic heterocycles. The number of rotatable bonds is 4. The molecule has 0 spiro atoms. The number of urea groups is 1. The molecule has 0 aliphatic carbocycles. The second kappa shape index (κ2) is 6.42. The number of hydrogen-bond donors (Lipinski definition) is 2. The number of nitrogens with one attached hydrogen (secondary N) is 1. The summed E-state index contributed by atoms with van der Waals surface area (Å²) < 4.78 is 50.0. The van der Waals surface area contributed by atoms with Crippen LogP contribution < -0.4 is 5.32 Å². The fourth-order valence-electron chi connectivity index (χ4n) is 1.59. The smallest absolute Gasteiger partial charge is 0.406 e. The minimum atomic E-state index is -4.75. The van der Waals surface area contributed by atoms with Gasteiger partial charge in [0.1, 0.15) is 18.9 Å². The molecule has 1 aromatic rings. The highest BCUT2D eigenvalue weighted by atomic mass is 19.4. The number of halogens is 4. The van der Waals surface area contributed by atoms with Crippen LogP contribution >= 0.6 is 0 Å². The summed E-state index contributed by atoms with van der Waals surface area (Å²) in [5, 5.41) is 10.6. The Kier molecular flexibility index (Phi) is 5.12. The summed E-state index contributed by atoms with van der Waals surface area (Å²) in [5.41, 5.74) is 0.390. The van der Waals surface area contributed by atoms with Gasteiger partial charge in [-0.2, -0.15) is 13.2 Å². The van der Waals surface area contributed by atoms with Crippen molar-refractivity contribution in [3.8, 4) is 0 Å². The summed E-state index contributed by atoms with van der Waals surface area (Å²) in [6.45, 7) is -1.32. The van der Waals surface area contributed by atoms with Crippen LogP contribution in [0.3, 0.4) is 0 Å². The quantitative estimate of drug-likeness (QED) is 0.840. The van der Waals surface area contributed by atoms with E-state index in [0.717, 1.165) is 6.07 Å². The number of carboxylic acids is 1. The molecule has 0 heterocycles. The summed E-state index contributed by atoms with van der Waals surface area (Å²) >= 11 is 0. The van der Waals surface area contributed by atoms with Gasteiger partial charge in [0.15, 0.2) is 0 Å². The van der Waals surface area contributed by atoms with E-state index in [0.29, 0.717) is 5.56 Å². The monoisotopic (exact) mass is 308 g/mol. The molecule has 0 saturated heterocycles. The van der Waals surface area contributed by atoms with Crippen molar-refractivity contribution in [1.29, 1.82) is 0 Å². The van der Waals surface area contributed by atoms with Gasteiger partial charge in [-0.3, -0.25) is 4.79 Å². The molecule has 2 amide bonds. The Bertz CT molecular complexity index is 526. The van der Waals surface area contributed by atoms with Crippen LogP contribution in [0.4, 0.5) is 28.0 Å². The highest BCUT2D eigenvalue weighted by molar-refractivity contribution is 5.91. The fraction of sp³-hybridized carbons (Fsp3) is 0.333. The summed E-state index contributed by atoms with van der Waals surface area (Å²) in [6, 6.07) is 2.14. The molecule has 0 aliphatic heterocycles. The Morgan fingerprint density at radius 1 is 1.29 bits per heavy atom. The van der Waals surface area contributed by atoms with Crippen LogP contribution in [0.1, 0.15) is 5.56 Å². The van der Waals surface area contributed by atoms with Gasteiger partial charge in [0.2, 0.25) is 0 Å². The lowest BCUT2D eigenvalue weighted by Crippen LogP contribution is -2.44. The molecule has 2 N–H and O–H groups in total. The molecule has 0 unspecified atom stereocenters. The third-order valence-electron chi connectivity index (χ3n) is 2.28. The molecular formula is C12H12F4N2O3. The van der Waals surface area contributed by atoms with Crippen LogP contribution in [0.15, 0.2) is 18.2 Å². The molecule has 1 rings (SSSR count). The number of benzene rings is 1. The maximum absolute atomic E-state index is 13.1. The van der Waals surface area contributed by atoms with Gasteiger partial charge in [-0.05, 0) is 30.7 Å². The summed E-state index contributed by atoms with van der Waals surface area (Å²) in [4.78, 5) is 22.3. The van der Waals surface area contributed by atoms with E-state index in [-0.39, 0.29) is 10.6 Å². The SMILES string of the molecule is Cc1cc(F)cc(NC(=O)N(CC(=O)O)CC(F)(F)F)c1. The van der Waals surface area contributed by atoms with E-state index in [1.807, 2.05) is 5.32 Å². The number of carbonyl (C=O) groups is 2. The van der Waals surface area contributed by atoms with Crippen molar-refractivity contribution in [2.24, 2.45) is 0 Å². The standard InChI is InChI=1S/C12H12F4N2O3/c1-7-2-8(13)4-9(3-7)17-11(21)18(5-10(19)20)6-12(14,15)16/h2-4H,5-6H2,1H3,(H,17,21)(H,19,20). The van der Waals surface area contributed by atoms with Gasteiger partial charge in [0.05, 0.1) is 0 Å². The third kappa shape index (κ3) is 6.11. The number of aryl methyl sites for hydroxylation is 1. The molecule has 116 valence electrons. The van der Waals surface area contributed by atoms with Gasteiger partial charge in [0.25, 0.3) is 0 Å². The van der Waals surface area contributed by atoms with E-state index in [1.165, 1.54) is 19.1 Å². The summed E-state index contributed by atoms with van der Waals surface area (Å²) in [5.74, 6) is -2.27. The summed E-state index contributed by atoms with van der Waals surface area (Å²) in [6.07, 6.45) is -4.75. The molecular weight excluding hydrogens is 296 g/mol. The Morgan fingerprint density at radius 2 is 1.90 bits per heavy atom. The topological polar surface area (TPSA) is 69.6 Å². The van der Waals surface area contributed by atoms with Gasteiger partial charge in [-0.25, -0.2) is 9.18 Å². The van der Waals surface area contributed by atoms with Gasteiger partial charge >= 0.3 is 18.2 Å². The molecule has 21 heavy (non-hydrogen) atoms. The molecule has 0 radical (unpaired) electrons. The van der Waals surface area contributed by atoms with E-state index in [1.54, 1.807) is 0 Å². The number of carboxylic acid groups (broad SMARTS) is 1. The Morgan fingerprint density at radius 3 is 2.38 bits per heavy atom. The molecule has 1 aromatic carbocycles. The van der Waals surface area contributed by atoms with E-state index in [2.05, 4.69) is 0 Å². The predicted molar refractivity (Wildman–Crippen MR) is 65.4 cm³/mol. The van der Waals surface area contributed by atoms with Gasteiger partial charge in [-0.1, -0.05) is 0 Å². The zero-order valence-corrected chi connectivity index (χ0v) is 10.9. The normalized spacial score (nSPS) is 11.1. The average molecular weight is 308 g/mol. The lowest BCUT2D eigenvalue weighted by Gasteiger charge is -2.22. The molecule has 9 heteroatoms. The number of carbonyl (C=O) groups excluding carboxylic acids is 1. The van der Waals surface area contributed by atoms with Crippen molar-refractivity contribution in [2.45, 2.75) is 13.1 Å². The number of alkyl halides is 3.